The van der Waals surface area contributed by atoms with Gasteiger partial charge in [0.15, 0.2) is 0 Å². The molecule has 0 saturated carbocycles. The number of nitrogens with one attached hydrogen (secondary N) is 1. The van der Waals surface area contributed by atoms with E-state index in [1.165, 1.54) is 17.4 Å². The van der Waals surface area contributed by atoms with Crippen LogP contribution in [0.4, 0.5) is 5.69 Å². The van der Waals surface area contributed by atoms with E-state index in [-0.39, 0.29) is 5.91 Å². The molecule has 0 atom stereocenters. The predicted molar refractivity (Wildman–Crippen MR) is 136 cm³/mol. The molecule has 6 nitrogen and oxygen atoms in total. The third kappa shape index (κ3) is 5.75. The summed E-state index contributed by atoms with van der Waals surface area (Å²) in [6, 6.07) is 18.7. The number of anilines is 1. The van der Waals surface area contributed by atoms with Crippen LogP contribution in [0.5, 0.6) is 5.75 Å². The topological polar surface area (TPSA) is 57.7 Å². The number of para-hydroxylation sites is 2. The highest BCUT2D eigenvalue weighted by Crippen LogP contribution is 2.32. The Morgan fingerprint density at radius 3 is 2.74 bits per heavy atom. The summed E-state index contributed by atoms with van der Waals surface area (Å²) in [5.74, 6) is 0.883. The van der Waals surface area contributed by atoms with Crippen molar-refractivity contribution in [3.63, 3.8) is 0 Å². The number of unbranched alkanes of at least 4 members (excludes halogenated alkanes) is 1. The molecule has 1 amide bonds. The number of aromatic nitrogens is 1. The van der Waals surface area contributed by atoms with E-state index in [1.807, 2.05) is 12.1 Å². The van der Waals surface area contributed by atoms with Crippen molar-refractivity contribution in [1.29, 1.82) is 0 Å². The number of amides is 1. The Morgan fingerprint density at radius 1 is 0.882 bits per heavy atom. The summed E-state index contributed by atoms with van der Waals surface area (Å²) in [5, 5.41) is 4.18. The number of carbonyl (C=O) groups excluding carboxylic acids is 1. The van der Waals surface area contributed by atoms with Gasteiger partial charge in [-0.05, 0) is 69.1 Å². The lowest BCUT2D eigenvalue weighted by molar-refractivity contribution is -0.116. The number of ether oxygens (including phenoxy) is 1. The van der Waals surface area contributed by atoms with Crippen molar-refractivity contribution in [2.75, 3.05) is 44.6 Å². The second-order valence-electron chi connectivity index (χ2n) is 9.36. The molecule has 0 bridgehead atoms. The second-order valence-corrected chi connectivity index (χ2v) is 9.36. The number of pyridine rings is 1. The van der Waals surface area contributed by atoms with Crippen molar-refractivity contribution >= 4 is 22.5 Å². The molecule has 1 aromatic heterocycles. The van der Waals surface area contributed by atoms with Crippen molar-refractivity contribution in [3.8, 4) is 5.75 Å². The summed E-state index contributed by atoms with van der Waals surface area (Å²) in [4.78, 5) is 21.7. The first-order valence-electron chi connectivity index (χ1n) is 12.6. The SMILES string of the molecule is O=C1CCc2cccc(OCCCCN3CCCN(Cc4ccc5ccccc5n4)CC3)c2N1. The number of fused-ring (bicyclic) bond motifs is 2. The van der Waals surface area contributed by atoms with Gasteiger partial charge in [0.25, 0.3) is 0 Å². The van der Waals surface area contributed by atoms with Gasteiger partial charge < -0.3 is 15.0 Å². The molecular weight excluding hydrogens is 424 g/mol. The van der Waals surface area contributed by atoms with Gasteiger partial charge in [-0.25, -0.2) is 0 Å². The Labute approximate surface area is 201 Å². The van der Waals surface area contributed by atoms with Crippen molar-refractivity contribution in [2.45, 2.75) is 38.6 Å². The van der Waals surface area contributed by atoms with Gasteiger partial charge in [-0.3, -0.25) is 14.7 Å². The monoisotopic (exact) mass is 458 g/mol. The minimum atomic E-state index is 0.0788. The molecule has 0 aliphatic carbocycles. The lowest BCUT2D eigenvalue weighted by atomic mass is 10.0. The van der Waals surface area contributed by atoms with Gasteiger partial charge in [0, 0.05) is 31.4 Å². The average molecular weight is 459 g/mol. The lowest BCUT2D eigenvalue weighted by Gasteiger charge is -2.22. The van der Waals surface area contributed by atoms with Crippen LogP contribution >= 0.6 is 0 Å². The van der Waals surface area contributed by atoms with E-state index in [4.69, 9.17) is 9.72 Å². The van der Waals surface area contributed by atoms with Crippen LogP contribution in [0.2, 0.25) is 0 Å². The van der Waals surface area contributed by atoms with Crippen molar-refractivity contribution in [2.24, 2.45) is 0 Å². The molecule has 5 rings (SSSR count). The van der Waals surface area contributed by atoms with Crippen LogP contribution < -0.4 is 10.1 Å². The normalized spacial score (nSPS) is 17.2. The Bertz CT molecular complexity index is 1130. The average Bonchev–Trinajstić information content (AvgIpc) is 3.09. The van der Waals surface area contributed by atoms with Crippen LogP contribution in [-0.2, 0) is 17.8 Å². The minimum absolute atomic E-state index is 0.0788. The summed E-state index contributed by atoms with van der Waals surface area (Å²) in [7, 11) is 0. The highest BCUT2D eigenvalue weighted by Gasteiger charge is 2.19. The number of benzene rings is 2. The highest BCUT2D eigenvalue weighted by molar-refractivity contribution is 5.95. The number of hydrogen-bond donors (Lipinski definition) is 1. The van der Waals surface area contributed by atoms with Crippen molar-refractivity contribution < 1.29 is 9.53 Å². The fourth-order valence-electron chi connectivity index (χ4n) is 4.95. The largest absolute Gasteiger partial charge is 0.491 e. The third-order valence-electron chi connectivity index (χ3n) is 6.85. The number of rotatable bonds is 8. The van der Waals surface area contributed by atoms with Crippen LogP contribution in [0.3, 0.4) is 0 Å². The first-order valence-corrected chi connectivity index (χ1v) is 12.6. The number of hydrogen-bond acceptors (Lipinski definition) is 5. The van der Waals surface area contributed by atoms with E-state index < -0.39 is 0 Å². The standard InChI is InChI=1S/C28H34N4O2/c33-27-14-12-23-8-5-10-26(28(23)30-27)34-20-4-3-15-31-16-6-17-32(19-18-31)21-24-13-11-22-7-1-2-9-25(22)29-24/h1-2,5,7-11,13H,3-4,6,12,14-21H2,(H,30,33). The zero-order chi connectivity index (χ0) is 23.2. The van der Waals surface area contributed by atoms with Crippen LogP contribution in [-0.4, -0.2) is 60.0 Å². The van der Waals surface area contributed by atoms with Gasteiger partial charge in [-0.15, -0.1) is 0 Å². The molecule has 2 aromatic carbocycles. The molecule has 2 aliphatic heterocycles. The Morgan fingerprint density at radius 2 is 1.76 bits per heavy atom. The van der Waals surface area contributed by atoms with Crippen molar-refractivity contribution in [1.82, 2.24) is 14.8 Å². The van der Waals surface area contributed by atoms with E-state index in [0.29, 0.717) is 13.0 Å². The van der Waals surface area contributed by atoms with Gasteiger partial charge >= 0.3 is 0 Å². The predicted octanol–water partition coefficient (Wildman–Crippen LogP) is 4.49. The van der Waals surface area contributed by atoms with Crippen LogP contribution in [0, 0.1) is 0 Å². The van der Waals surface area contributed by atoms with Gasteiger partial charge in [0.1, 0.15) is 5.75 Å². The first-order chi connectivity index (χ1) is 16.7. The van der Waals surface area contributed by atoms with Gasteiger partial charge in [0.05, 0.1) is 23.5 Å². The van der Waals surface area contributed by atoms with Crippen LogP contribution in [0.1, 0.15) is 36.9 Å². The highest BCUT2D eigenvalue weighted by atomic mass is 16.5. The maximum Gasteiger partial charge on any atom is 0.224 e. The fourth-order valence-corrected chi connectivity index (χ4v) is 4.95. The van der Waals surface area contributed by atoms with Crippen molar-refractivity contribution in [3.05, 3.63) is 65.9 Å². The Hall–Kier alpha value is -2.96. The van der Waals surface area contributed by atoms with Gasteiger partial charge in [0.2, 0.25) is 5.91 Å². The molecule has 0 unspecified atom stereocenters. The molecule has 0 spiro atoms. The number of aryl methyl sites for hydroxylation is 1. The lowest BCUT2D eigenvalue weighted by Crippen LogP contribution is -2.31. The Kier molecular flexibility index (Phi) is 7.37. The molecule has 178 valence electrons. The maximum absolute atomic E-state index is 11.8. The molecule has 34 heavy (non-hydrogen) atoms. The van der Waals surface area contributed by atoms with E-state index in [2.05, 4.69) is 57.6 Å². The minimum Gasteiger partial charge on any atom is -0.491 e. The molecule has 1 fully saturated rings. The van der Waals surface area contributed by atoms with Crippen LogP contribution in [0.25, 0.3) is 10.9 Å². The molecular formula is C28H34N4O2. The quantitative estimate of drug-likeness (QED) is 0.504. The summed E-state index contributed by atoms with van der Waals surface area (Å²) in [6.07, 6.45) is 4.68. The molecule has 3 heterocycles. The summed E-state index contributed by atoms with van der Waals surface area (Å²) >= 11 is 0. The molecule has 6 heteroatoms. The summed E-state index contributed by atoms with van der Waals surface area (Å²) in [6.45, 7) is 7.17. The second kappa shape index (κ2) is 11.0. The molecule has 0 radical (unpaired) electrons. The zero-order valence-corrected chi connectivity index (χ0v) is 19.8. The zero-order valence-electron chi connectivity index (χ0n) is 19.8. The number of carbonyl (C=O) groups is 1. The van der Waals surface area contributed by atoms with E-state index in [0.717, 1.165) is 81.2 Å². The molecule has 3 aromatic rings. The molecule has 1 saturated heterocycles. The summed E-state index contributed by atoms with van der Waals surface area (Å²) in [5.41, 5.74) is 4.28. The smallest absolute Gasteiger partial charge is 0.224 e. The first kappa shape index (κ1) is 22.8. The van der Waals surface area contributed by atoms with E-state index in [1.54, 1.807) is 0 Å². The fraction of sp³-hybridized carbons (Fsp3) is 0.429. The Balaban J connectivity index is 1.04. The van der Waals surface area contributed by atoms with E-state index in [9.17, 15) is 4.79 Å². The van der Waals surface area contributed by atoms with Gasteiger partial charge in [-0.2, -0.15) is 0 Å². The van der Waals surface area contributed by atoms with E-state index >= 15 is 0 Å². The maximum atomic E-state index is 11.8. The number of nitrogens with zero attached hydrogens (tertiary/aromatic N) is 3. The third-order valence-corrected chi connectivity index (χ3v) is 6.85. The van der Waals surface area contributed by atoms with Crippen LogP contribution in [0.15, 0.2) is 54.6 Å². The summed E-state index contributed by atoms with van der Waals surface area (Å²) < 4.78 is 6.03. The molecule has 1 N–H and O–H groups in total. The molecule has 2 aliphatic rings. The van der Waals surface area contributed by atoms with Gasteiger partial charge in [-0.1, -0.05) is 36.4 Å².